The Kier molecular flexibility index (Phi) is 3.99. The van der Waals surface area contributed by atoms with Gasteiger partial charge in [-0.2, -0.15) is 0 Å². The number of rotatable bonds is 3. The summed E-state index contributed by atoms with van der Waals surface area (Å²) in [6.45, 7) is 3.45. The Morgan fingerprint density at radius 2 is 2.30 bits per heavy atom. The van der Waals surface area contributed by atoms with E-state index < -0.39 is 0 Å². The molecule has 6 nitrogen and oxygen atoms in total. The highest BCUT2D eigenvalue weighted by Crippen LogP contribution is 2.28. The minimum absolute atomic E-state index is 0.0318. The average molecular weight is 314 g/mol. The van der Waals surface area contributed by atoms with Crippen molar-refractivity contribution in [2.75, 3.05) is 26.3 Å². The number of likely N-dealkylation sites (tertiary alicyclic amines) is 1. The fourth-order valence-corrected chi connectivity index (χ4v) is 3.88. The van der Waals surface area contributed by atoms with Crippen molar-refractivity contribution in [3.05, 3.63) is 24.3 Å². The molecule has 2 aromatic rings. The SMILES string of the molecule is O=C(c1ncnc2[nH]ccc12)N1CCCC(CC2CCOC2)C1. The minimum Gasteiger partial charge on any atom is -0.381 e. The number of hydrogen-bond donors (Lipinski definition) is 1. The zero-order valence-electron chi connectivity index (χ0n) is 13.2. The zero-order chi connectivity index (χ0) is 15.6. The van der Waals surface area contributed by atoms with Gasteiger partial charge < -0.3 is 14.6 Å². The number of fused-ring (bicyclic) bond motifs is 1. The quantitative estimate of drug-likeness (QED) is 0.943. The molecular formula is C17H22N4O2. The van der Waals surface area contributed by atoms with Crippen molar-refractivity contribution in [2.45, 2.75) is 25.7 Å². The van der Waals surface area contributed by atoms with Crippen LogP contribution in [0, 0.1) is 11.8 Å². The van der Waals surface area contributed by atoms with Crippen LogP contribution in [0.4, 0.5) is 0 Å². The number of ether oxygens (including phenoxy) is 1. The first-order valence-corrected chi connectivity index (χ1v) is 8.46. The van der Waals surface area contributed by atoms with Gasteiger partial charge >= 0.3 is 0 Å². The third-order valence-electron chi connectivity index (χ3n) is 5.05. The molecule has 2 fully saturated rings. The second-order valence-corrected chi connectivity index (χ2v) is 6.69. The molecule has 2 aliphatic heterocycles. The van der Waals surface area contributed by atoms with Crippen LogP contribution in [0.5, 0.6) is 0 Å². The van der Waals surface area contributed by atoms with Gasteiger partial charge in [-0.25, -0.2) is 9.97 Å². The van der Waals surface area contributed by atoms with E-state index in [4.69, 9.17) is 4.74 Å². The summed E-state index contributed by atoms with van der Waals surface area (Å²) in [7, 11) is 0. The smallest absolute Gasteiger partial charge is 0.273 e. The summed E-state index contributed by atoms with van der Waals surface area (Å²) in [6.07, 6.45) is 7.89. The Balaban J connectivity index is 1.48. The molecule has 2 aliphatic rings. The maximum absolute atomic E-state index is 12.9. The summed E-state index contributed by atoms with van der Waals surface area (Å²) in [5.74, 6) is 1.29. The van der Waals surface area contributed by atoms with E-state index in [9.17, 15) is 4.79 Å². The van der Waals surface area contributed by atoms with Crippen molar-refractivity contribution in [3.63, 3.8) is 0 Å². The van der Waals surface area contributed by atoms with Gasteiger partial charge in [-0.1, -0.05) is 0 Å². The van der Waals surface area contributed by atoms with Crippen molar-refractivity contribution in [1.82, 2.24) is 19.9 Å². The number of H-pyrrole nitrogens is 1. The third kappa shape index (κ3) is 2.95. The number of piperidine rings is 1. The van der Waals surface area contributed by atoms with Gasteiger partial charge in [-0.05, 0) is 43.6 Å². The molecular weight excluding hydrogens is 292 g/mol. The van der Waals surface area contributed by atoms with Crippen LogP contribution < -0.4 is 0 Å². The molecule has 1 amide bonds. The molecule has 1 N–H and O–H groups in total. The molecule has 2 atom stereocenters. The summed E-state index contributed by atoms with van der Waals surface area (Å²) in [4.78, 5) is 26.3. The van der Waals surface area contributed by atoms with E-state index in [0.29, 0.717) is 17.5 Å². The number of nitrogens with zero attached hydrogens (tertiary/aromatic N) is 3. The summed E-state index contributed by atoms with van der Waals surface area (Å²) in [5, 5.41) is 0.809. The van der Waals surface area contributed by atoms with Gasteiger partial charge in [0.2, 0.25) is 0 Å². The Morgan fingerprint density at radius 3 is 3.17 bits per heavy atom. The van der Waals surface area contributed by atoms with E-state index in [-0.39, 0.29) is 5.91 Å². The van der Waals surface area contributed by atoms with Gasteiger partial charge in [0.15, 0.2) is 0 Å². The molecule has 6 heteroatoms. The monoisotopic (exact) mass is 314 g/mol. The van der Waals surface area contributed by atoms with Crippen LogP contribution in [0.1, 0.15) is 36.2 Å². The third-order valence-corrected chi connectivity index (χ3v) is 5.05. The molecule has 0 aliphatic carbocycles. The van der Waals surface area contributed by atoms with Gasteiger partial charge in [0.05, 0.1) is 5.39 Å². The van der Waals surface area contributed by atoms with Gasteiger partial charge in [0.25, 0.3) is 5.91 Å². The molecule has 4 heterocycles. The van der Waals surface area contributed by atoms with E-state index in [1.165, 1.54) is 25.6 Å². The largest absolute Gasteiger partial charge is 0.381 e. The summed E-state index contributed by atoms with van der Waals surface area (Å²) < 4.78 is 5.48. The van der Waals surface area contributed by atoms with Crippen LogP contribution in [0.15, 0.2) is 18.6 Å². The zero-order valence-corrected chi connectivity index (χ0v) is 13.2. The molecule has 4 rings (SSSR count). The van der Waals surface area contributed by atoms with Crippen LogP contribution in [0.2, 0.25) is 0 Å². The van der Waals surface area contributed by atoms with E-state index in [2.05, 4.69) is 15.0 Å². The Hall–Kier alpha value is -1.95. The van der Waals surface area contributed by atoms with Gasteiger partial charge in [-0.15, -0.1) is 0 Å². The fourth-order valence-electron chi connectivity index (χ4n) is 3.88. The normalized spacial score (nSPS) is 25.1. The highest BCUT2D eigenvalue weighted by molar-refractivity contribution is 6.03. The van der Waals surface area contributed by atoms with E-state index in [0.717, 1.165) is 43.8 Å². The standard InChI is InChI=1S/C17H22N4O2/c22-17(15-14-3-5-18-16(14)20-11-19-15)21-6-1-2-12(9-21)8-13-4-7-23-10-13/h3,5,11-13H,1-2,4,6-10H2,(H,18,19,20). The molecule has 2 unspecified atom stereocenters. The van der Waals surface area contributed by atoms with Crippen LogP contribution in [-0.2, 0) is 4.74 Å². The van der Waals surface area contributed by atoms with Crippen LogP contribution in [0.25, 0.3) is 11.0 Å². The van der Waals surface area contributed by atoms with Crippen LogP contribution in [0.3, 0.4) is 0 Å². The molecule has 0 aromatic carbocycles. The molecule has 0 radical (unpaired) electrons. The van der Waals surface area contributed by atoms with Gasteiger partial charge in [0, 0.05) is 32.5 Å². The first-order valence-electron chi connectivity index (χ1n) is 8.46. The number of amides is 1. The molecule has 0 spiro atoms. The maximum Gasteiger partial charge on any atom is 0.273 e. The minimum atomic E-state index is 0.0318. The van der Waals surface area contributed by atoms with E-state index in [1.54, 1.807) is 6.20 Å². The van der Waals surface area contributed by atoms with Crippen molar-refractivity contribution in [2.24, 2.45) is 11.8 Å². The summed E-state index contributed by atoms with van der Waals surface area (Å²) in [5.41, 5.74) is 1.24. The van der Waals surface area contributed by atoms with E-state index >= 15 is 0 Å². The number of carbonyl (C=O) groups excluding carboxylic acids is 1. The maximum atomic E-state index is 12.9. The Morgan fingerprint density at radius 1 is 1.35 bits per heavy atom. The fraction of sp³-hybridized carbons (Fsp3) is 0.588. The molecule has 2 saturated heterocycles. The lowest BCUT2D eigenvalue weighted by molar-refractivity contribution is 0.0649. The van der Waals surface area contributed by atoms with Crippen LogP contribution >= 0.6 is 0 Å². The first-order chi connectivity index (χ1) is 11.3. The average Bonchev–Trinajstić information content (AvgIpc) is 3.25. The lowest BCUT2D eigenvalue weighted by Crippen LogP contribution is -2.40. The number of carbonyl (C=O) groups is 1. The van der Waals surface area contributed by atoms with Crippen molar-refractivity contribution in [3.8, 4) is 0 Å². The number of hydrogen-bond acceptors (Lipinski definition) is 4. The van der Waals surface area contributed by atoms with Crippen molar-refractivity contribution in [1.29, 1.82) is 0 Å². The lowest BCUT2D eigenvalue weighted by atomic mass is 9.87. The number of aromatic nitrogens is 3. The van der Waals surface area contributed by atoms with Crippen LogP contribution in [-0.4, -0.2) is 52.1 Å². The topological polar surface area (TPSA) is 71.1 Å². The van der Waals surface area contributed by atoms with E-state index in [1.807, 2.05) is 11.0 Å². The molecule has 0 bridgehead atoms. The number of aromatic amines is 1. The summed E-state index contributed by atoms with van der Waals surface area (Å²) in [6, 6.07) is 1.87. The van der Waals surface area contributed by atoms with Crippen molar-refractivity contribution < 1.29 is 9.53 Å². The highest BCUT2D eigenvalue weighted by atomic mass is 16.5. The summed E-state index contributed by atoms with van der Waals surface area (Å²) >= 11 is 0. The van der Waals surface area contributed by atoms with Crippen molar-refractivity contribution >= 4 is 16.9 Å². The molecule has 0 saturated carbocycles. The molecule has 2 aromatic heterocycles. The molecule has 23 heavy (non-hydrogen) atoms. The second kappa shape index (κ2) is 6.28. The Bertz CT molecular complexity index is 693. The molecule has 122 valence electrons. The lowest BCUT2D eigenvalue weighted by Gasteiger charge is -2.33. The predicted molar refractivity (Wildman–Crippen MR) is 86.1 cm³/mol. The van der Waals surface area contributed by atoms with Gasteiger partial charge in [0.1, 0.15) is 17.7 Å². The first kappa shape index (κ1) is 14.6. The van der Waals surface area contributed by atoms with Gasteiger partial charge in [-0.3, -0.25) is 4.79 Å². The number of nitrogens with one attached hydrogen (secondary N) is 1. The Labute approximate surface area is 135 Å². The predicted octanol–water partition coefficient (Wildman–Crippen LogP) is 2.24. The second-order valence-electron chi connectivity index (χ2n) is 6.69. The highest BCUT2D eigenvalue weighted by Gasteiger charge is 2.29.